The molecule has 1 heterocycles. The fourth-order valence-electron chi connectivity index (χ4n) is 1.60. The zero-order valence-electron chi connectivity index (χ0n) is 10.6. The molecule has 0 aliphatic rings. The molecule has 0 aromatic carbocycles. The molecule has 1 rings (SSSR count). The number of nitrogen functional groups attached to an aromatic ring is 1. The molecule has 1 aromatic heterocycles. The lowest BCUT2D eigenvalue weighted by atomic mass is 10.2. The number of nitrogens with one attached hydrogen (secondary N) is 1. The van der Waals surface area contributed by atoms with E-state index in [1.807, 2.05) is 5.43 Å². The summed E-state index contributed by atoms with van der Waals surface area (Å²) in [6.45, 7) is 2.19. The minimum absolute atomic E-state index is 0.0452. The van der Waals surface area contributed by atoms with Crippen LogP contribution in [-0.2, 0) is 6.54 Å². The molecule has 1 amide bonds. The summed E-state index contributed by atoms with van der Waals surface area (Å²) in [5, 5.41) is 0. The maximum atomic E-state index is 12.5. The van der Waals surface area contributed by atoms with Gasteiger partial charge < -0.3 is 4.42 Å². The van der Waals surface area contributed by atoms with Crippen LogP contribution >= 0.6 is 0 Å². The molecule has 5 nitrogen and oxygen atoms in total. The highest BCUT2D eigenvalue weighted by molar-refractivity contribution is 5.92. The Balaban J connectivity index is 2.86. The van der Waals surface area contributed by atoms with Crippen LogP contribution in [0.2, 0.25) is 0 Å². The molecule has 0 aliphatic heterocycles. The second-order valence-electron chi connectivity index (χ2n) is 4.36. The highest BCUT2D eigenvalue weighted by Crippen LogP contribution is 2.21. The summed E-state index contributed by atoms with van der Waals surface area (Å²) in [7, 11) is 0. The number of hydrazine groups is 1. The summed E-state index contributed by atoms with van der Waals surface area (Å²) in [6.07, 6.45) is -3.06. The Morgan fingerprint density at radius 1 is 1.53 bits per heavy atom. The van der Waals surface area contributed by atoms with Crippen LogP contribution in [-0.4, -0.2) is 29.6 Å². The number of nitrogens with two attached hydrogens (primary N) is 1. The van der Waals surface area contributed by atoms with E-state index in [-0.39, 0.29) is 18.3 Å². The van der Waals surface area contributed by atoms with Crippen molar-refractivity contribution in [1.82, 2.24) is 10.3 Å². The van der Waals surface area contributed by atoms with Gasteiger partial charge in [0.1, 0.15) is 0 Å². The smallest absolute Gasteiger partial charge is 0.401 e. The van der Waals surface area contributed by atoms with Crippen LogP contribution in [0.25, 0.3) is 0 Å². The molecule has 0 saturated heterocycles. The zero-order valence-corrected chi connectivity index (χ0v) is 10.6. The predicted molar refractivity (Wildman–Crippen MR) is 62.0 cm³/mol. The monoisotopic (exact) mass is 279 g/mol. The highest BCUT2D eigenvalue weighted by Gasteiger charge is 2.32. The van der Waals surface area contributed by atoms with E-state index in [2.05, 4.69) is 0 Å². The molecule has 108 valence electrons. The Labute approximate surface area is 108 Å². The van der Waals surface area contributed by atoms with Crippen molar-refractivity contribution in [3.05, 3.63) is 23.7 Å². The summed E-state index contributed by atoms with van der Waals surface area (Å²) in [6, 6.07) is 1.13. The first-order valence-electron chi connectivity index (χ1n) is 5.62. The van der Waals surface area contributed by atoms with Crippen molar-refractivity contribution in [3.8, 4) is 0 Å². The van der Waals surface area contributed by atoms with Crippen molar-refractivity contribution in [2.45, 2.75) is 32.6 Å². The van der Waals surface area contributed by atoms with Crippen LogP contribution in [0.4, 0.5) is 13.2 Å². The predicted octanol–water partition coefficient (Wildman–Crippen LogP) is 1.66. The van der Waals surface area contributed by atoms with Crippen molar-refractivity contribution in [3.63, 3.8) is 0 Å². The number of hydrogen-bond donors (Lipinski definition) is 2. The molecule has 0 saturated carbocycles. The van der Waals surface area contributed by atoms with Gasteiger partial charge in [0.15, 0.2) is 5.76 Å². The van der Waals surface area contributed by atoms with E-state index in [4.69, 9.17) is 10.3 Å². The maximum absolute atomic E-state index is 12.5. The van der Waals surface area contributed by atoms with Crippen molar-refractivity contribution >= 4 is 5.91 Å². The second kappa shape index (κ2) is 6.07. The van der Waals surface area contributed by atoms with Gasteiger partial charge in [0, 0.05) is 18.2 Å². The summed E-state index contributed by atoms with van der Waals surface area (Å²) in [4.78, 5) is 12.6. The number of carbonyl (C=O) groups excluding carboxylic acids is 1. The molecule has 8 heteroatoms. The van der Waals surface area contributed by atoms with E-state index in [1.54, 1.807) is 13.8 Å². The van der Waals surface area contributed by atoms with Gasteiger partial charge in [-0.15, -0.1) is 0 Å². The number of carbonyl (C=O) groups is 1. The van der Waals surface area contributed by atoms with Crippen molar-refractivity contribution in [1.29, 1.82) is 0 Å². The number of nitrogens with zero attached hydrogens (tertiary/aromatic N) is 1. The van der Waals surface area contributed by atoms with Crippen molar-refractivity contribution in [2.24, 2.45) is 5.84 Å². The first-order chi connectivity index (χ1) is 8.74. The molecule has 0 radical (unpaired) electrons. The molecule has 0 atom stereocenters. The summed E-state index contributed by atoms with van der Waals surface area (Å²) < 4.78 is 42.3. The number of alkyl halides is 3. The molecule has 0 aliphatic carbocycles. The number of furan rings is 1. The van der Waals surface area contributed by atoms with Gasteiger partial charge in [-0.05, 0) is 19.9 Å². The van der Waals surface area contributed by atoms with Crippen LogP contribution in [0.5, 0.6) is 0 Å². The van der Waals surface area contributed by atoms with Gasteiger partial charge >= 0.3 is 12.1 Å². The number of hydrogen-bond acceptors (Lipinski definition) is 4. The van der Waals surface area contributed by atoms with Crippen molar-refractivity contribution in [2.75, 3.05) is 6.54 Å². The fourth-order valence-corrected chi connectivity index (χ4v) is 1.60. The summed E-state index contributed by atoms with van der Waals surface area (Å²) in [5.74, 6) is 4.23. The minimum atomic E-state index is -4.30. The Morgan fingerprint density at radius 3 is 2.63 bits per heavy atom. The largest absolute Gasteiger partial charge is 0.459 e. The lowest BCUT2D eigenvalue weighted by Gasteiger charge is -2.27. The molecular weight excluding hydrogens is 263 g/mol. The average Bonchev–Trinajstić information content (AvgIpc) is 2.73. The lowest BCUT2D eigenvalue weighted by molar-refractivity contribution is -0.150. The topological polar surface area (TPSA) is 71.5 Å². The van der Waals surface area contributed by atoms with Gasteiger partial charge in [-0.2, -0.15) is 13.2 Å². The lowest BCUT2D eigenvalue weighted by Crippen LogP contribution is -2.39. The van der Waals surface area contributed by atoms with Crippen LogP contribution in [0.15, 0.2) is 16.7 Å². The van der Waals surface area contributed by atoms with E-state index in [1.165, 1.54) is 17.2 Å². The first-order valence-corrected chi connectivity index (χ1v) is 5.62. The van der Waals surface area contributed by atoms with Crippen molar-refractivity contribution < 1.29 is 22.4 Å². The molecule has 0 spiro atoms. The van der Waals surface area contributed by atoms with Gasteiger partial charge in [0.05, 0.1) is 12.8 Å². The van der Waals surface area contributed by atoms with E-state index in [9.17, 15) is 18.0 Å². The van der Waals surface area contributed by atoms with Crippen LogP contribution in [0, 0.1) is 0 Å². The van der Waals surface area contributed by atoms with Crippen LogP contribution in [0.3, 0.4) is 0 Å². The molecule has 0 fully saturated rings. The third-order valence-corrected chi connectivity index (χ3v) is 2.57. The van der Waals surface area contributed by atoms with Gasteiger partial charge in [0.2, 0.25) is 0 Å². The van der Waals surface area contributed by atoms with E-state index < -0.39 is 18.6 Å². The van der Waals surface area contributed by atoms with E-state index >= 15 is 0 Å². The number of amides is 1. The Bertz CT molecular complexity index is 429. The quantitative estimate of drug-likeness (QED) is 0.488. The Hall–Kier alpha value is -1.54. The minimum Gasteiger partial charge on any atom is -0.459 e. The summed E-state index contributed by atoms with van der Waals surface area (Å²) in [5.41, 5.74) is 2.25. The van der Waals surface area contributed by atoms with Gasteiger partial charge in [-0.25, -0.2) is 5.84 Å². The number of rotatable bonds is 5. The molecule has 1 aromatic rings. The normalized spacial score (nSPS) is 12.2. The zero-order chi connectivity index (χ0) is 14.6. The first kappa shape index (κ1) is 15.5. The molecule has 3 N–H and O–H groups in total. The third kappa shape index (κ3) is 4.56. The Morgan fingerprint density at radius 2 is 2.16 bits per heavy atom. The maximum Gasteiger partial charge on any atom is 0.401 e. The fraction of sp³-hybridized carbons (Fsp3) is 0.545. The molecular formula is C11H16F3N3O2. The second-order valence-corrected chi connectivity index (χ2v) is 4.36. The summed E-state index contributed by atoms with van der Waals surface area (Å²) >= 11 is 0. The molecule has 0 unspecified atom stereocenters. The molecule has 19 heavy (non-hydrogen) atoms. The van der Waals surface area contributed by atoms with Crippen LogP contribution < -0.4 is 11.3 Å². The average molecular weight is 279 g/mol. The number of halogens is 3. The standard InChI is InChI=1S/C11H16F3N3O2/c1-7(2)17(6-11(12,13)14)5-8-3-4-19-9(8)10(18)16-15/h3-4,7H,5-6,15H2,1-2H3,(H,16,18). The van der Waals surface area contributed by atoms with Gasteiger partial charge in [0.25, 0.3) is 0 Å². The van der Waals surface area contributed by atoms with E-state index in [0.717, 1.165) is 0 Å². The third-order valence-electron chi connectivity index (χ3n) is 2.57. The Kier molecular flexibility index (Phi) is 4.96. The van der Waals surface area contributed by atoms with Gasteiger partial charge in [-0.3, -0.25) is 15.1 Å². The molecule has 0 bridgehead atoms. The van der Waals surface area contributed by atoms with Gasteiger partial charge in [-0.1, -0.05) is 0 Å². The SMILES string of the molecule is CC(C)N(Cc1ccoc1C(=O)NN)CC(F)(F)F. The van der Waals surface area contributed by atoms with E-state index in [0.29, 0.717) is 5.56 Å². The van der Waals surface area contributed by atoms with Crippen LogP contribution in [0.1, 0.15) is 30.0 Å². The highest BCUT2D eigenvalue weighted by atomic mass is 19.4.